The minimum Gasteiger partial charge on any atom is -0.269 e. The lowest BCUT2D eigenvalue weighted by Crippen LogP contribution is -2.12. The molecular formula is C16H16FN3. The summed E-state index contributed by atoms with van der Waals surface area (Å²) in [5.74, 6) is -0.368. The van der Waals surface area contributed by atoms with Crippen LogP contribution in [-0.2, 0) is 0 Å². The highest BCUT2D eigenvalue weighted by atomic mass is 19.1. The smallest absolute Gasteiger partial charge is 0.132 e. The second kappa shape index (κ2) is 5.46. The van der Waals surface area contributed by atoms with Crippen LogP contribution in [0.4, 0.5) is 4.39 Å². The Morgan fingerprint density at radius 3 is 2.75 bits per heavy atom. The van der Waals surface area contributed by atoms with E-state index in [0.29, 0.717) is 17.2 Å². The fourth-order valence-electron chi connectivity index (χ4n) is 2.84. The number of hydrogen-bond donors (Lipinski definition) is 0. The number of halogens is 1. The second-order valence-corrected chi connectivity index (χ2v) is 5.31. The van der Waals surface area contributed by atoms with Crippen LogP contribution in [0.3, 0.4) is 0 Å². The molecule has 0 spiro atoms. The molecule has 1 saturated carbocycles. The monoisotopic (exact) mass is 269 g/mol. The zero-order valence-electron chi connectivity index (χ0n) is 11.2. The third-order valence-corrected chi connectivity index (χ3v) is 3.96. The molecule has 3 rings (SSSR count). The summed E-state index contributed by atoms with van der Waals surface area (Å²) in [5, 5.41) is 13.1. The highest BCUT2D eigenvalue weighted by Gasteiger charge is 2.17. The van der Waals surface area contributed by atoms with Gasteiger partial charge in [-0.25, -0.2) is 4.39 Å². The van der Waals surface area contributed by atoms with Gasteiger partial charge in [0.2, 0.25) is 0 Å². The van der Waals surface area contributed by atoms with E-state index in [9.17, 15) is 4.39 Å². The molecule has 0 amide bonds. The Labute approximate surface area is 117 Å². The molecule has 0 unspecified atom stereocenters. The first-order valence-electron chi connectivity index (χ1n) is 7.02. The van der Waals surface area contributed by atoms with Gasteiger partial charge in [-0.2, -0.15) is 10.4 Å². The summed E-state index contributed by atoms with van der Waals surface area (Å²) in [4.78, 5) is 0. The Morgan fingerprint density at radius 2 is 2.05 bits per heavy atom. The number of hydrogen-bond acceptors (Lipinski definition) is 2. The fraction of sp³-hybridized carbons (Fsp3) is 0.375. The zero-order chi connectivity index (χ0) is 13.9. The topological polar surface area (TPSA) is 41.6 Å². The molecule has 4 heteroatoms. The van der Waals surface area contributed by atoms with Crippen molar-refractivity contribution in [3.05, 3.63) is 42.0 Å². The van der Waals surface area contributed by atoms with Crippen molar-refractivity contribution in [2.24, 2.45) is 0 Å². The fourth-order valence-corrected chi connectivity index (χ4v) is 2.84. The molecule has 0 bridgehead atoms. The van der Waals surface area contributed by atoms with Crippen LogP contribution in [-0.4, -0.2) is 9.78 Å². The lowest BCUT2D eigenvalue weighted by Gasteiger charge is -2.21. The van der Waals surface area contributed by atoms with E-state index in [1.807, 2.05) is 16.9 Å². The van der Waals surface area contributed by atoms with Gasteiger partial charge in [0.15, 0.2) is 0 Å². The van der Waals surface area contributed by atoms with Crippen molar-refractivity contribution in [2.75, 3.05) is 0 Å². The summed E-state index contributed by atoms with van der Waals surface area (Å²) < 4.78 is 16.0. The van der Waals surface area contributed by atoms with E-state index in [1.54, 1.807) is 18.3 Å². The van der Waals surface area contributed by atoms with Gasteiger partial charge in [0.25, 0.3) is 0 Å². The summed E-state index contributed by atoms with van der Waals surface area (Å²) in [6.45, 7) is 0. The molecule has 1 aliphatic rings. The van der Waals surface area contributed by atoms with Crippen LogP contribution in [0.25, 0.3) is 11.1 Å². The normalized spacial score (nSPS) is 16.0. The molecule has 2 aromatic rings. The Hall–Kier alpha value is -2.15. The SMILES string of the molecule is N#Cc1ccc(-c2cnn(C3CCCCC3)c2)c(F)c1. The van der Waals surface area contributed by atoms with Crippen LogP contribution in [0.15, 0.2) is 30.6 Å². The van der Waals surface area contributed by atoms with Gasteiger partial charge in [-0.05, 0) is 25.0 Å². The average molecular weight is 269 g/mol. The van der Waals surface area contributed by atoms with Crippen molar-refractivity contribution in [1.29, 1.82) is 5.26 Å². The van der Waals surface area contributed by atoms with Crippen molar-refractivity contribution in [1.82, 2.24) is 9.78 Å². The molecule has 1 aromatic heterocycles. The number of nitrogens with zero attached hydrogens (tertiary/aromatic N) is 3. The lowest BCUT2D eigenvalue weighted by atomic mass is 9.96. The van der Waals surface area contributed by atoms with Gasteiger partial charge in [-0.15, -0.1) is 0 Å². The van der Waals surface area contributed by atoms with E-state index in [1.165, 1.54) is 25.3 Å². The van der Waals surface area contributed by atoms with Gasteiger partial charge >= 0.3 is 0 Å². The van der Waals surface area contributed by atoms with E-state index in [-0.39, 0.29) is 5.82 Å². The van der Waals surface area contributed by atoms with Gasteiger partial charge in [0.05, 0.1) is 23.9 Å². The summed E-state index contributed by atoms with van der Waals surface area (Å²) >= 11 is 0. The molecule has 1 heterocycles. The van der Waals surface area contributed by atoms with Crippen LogP contribution in [0.2, 0.25) is 0 Å². The molecular weight excluding hydrogens is 253 g/mol. The third-order valence-electron chi connectivity index (χ3n) is 3.96. The number of nitriles is 1. The van der Waals surface area contributed by atoms with Gasteiger partial charge in [-0.1, -0.05) is 25.3 Å². The third kappa shape index (κ3) is 2.44. The molecule has 102 valence electrons. The molecule has 1 aliphatic carbocycles. The first kappa shape index (κ1) is 12.9. The summed E-state index contributed by atoms with van der Waals surface area (Å²) in [6, 6.07) is 6.94. The van der Waals surface area contributed by atoms with E-state index in [4.69, 9.17) is 5.26 Å². The van der Waals surface area contributed by atoms with Crippen LogP contribution < -0.4 is 0 Å². The lowest BCUT2D eigenvalue weighted by molar-refractivity contribution is 0.329. The standard InChI is InChI=1S/C16H16FN3/c17-16-8-12(9-18)6-7-15(16)13-10-19-20(11-13)14-4-2-1-3-5-14/h6-8,10-11,14H,1-5H2. The zero-order valence-corrected chi connectivity index (χ0v) is 11.2. The van der Waals surface area contributed by atoms with Gasteiger partial charge in [0.1, 0.15) is 5.82 Å². The van der Waals surface area contributed by atoms with E-state index in [2.05, 4.69) is 5.10 Å². The van der Waals surface area contributed by atoms with Crippen LogP contribution >= 0.6 is 0 Å². The van der Waals surface area contributed by atoms with Crippen molar-refractivity contribution in [2.45, 2.75) is 38.1 Å². The Balaban J connectivity index is 1.88. The number of benzene rings is 1. The average Bonchev–Trinajstić information content (AvgIpc) is 2.97. The minimum absolute atomic E-state index is 0.339. The molecule has 0 aliphatic heterocycles. The van der Waals surface area contributed by atoms with Gasteiger partial charge in [-0.3, -0.25) is 4.68 Å². The Kier molecular flexibility index (Phi) is 3.51. The Morgan fingerprint density at radius 1 is 1.25 bits per heavy atom. The maximum Gasteiger partial charge on any atom is 0.132 e. The van der Waals surface area contributed by atoms with Crippen molar-refractivity contribution >= 4 is 0 Å². The second-order valence-electron chi connectivity index (χ2n) is 5.31. The predicted molar refractivity (Wildman–Crippen MR) is 74.5 cm³/mol. The van der Waals surface area contributed by atoms with Crippen molar-refractivity contribution in [3.8, 4) is 17.2 Å². The molecule has 1 fully saturated rings. The molecule has 0 saturated heterocycles. The summed E-state index contributed by atoms with van der Waals surface area (Å²) in [5.41, 5.74) is 1.62. The molecule has 20 heavy (non-hydrogen) atoms. The van der Waals surface area contributed by atoms with Crippen molar-refractivity contribution < 1.29 is 4.39 Å². The summed E-state index contributed by atoms with van der Waals surface area (Å²) in [7, 11) is 0. The number of aromatic nitrogens is 2. The molecule has 0 atom stereocenters. The number of rotatable bonds is 2. The Bertz CT molecular complexity index is 648. The van der Waals surface area contributed by atoms with Crippen LogP contribution in [0.1, 0.15) is 43.7 Å². The molecule has 0 N–H and O–H groups in total. The van der Waals surface area contributed by atoms with Crippen LogP contribution in [0.5, 0.6) is 0 Å². The van der Waals surface area contributed by atoms with E-state index < -0.39 is 0 Å². The van der Waals surface area contributed by atoms with Crippen LogP contribution in [0, 0.1) is 17.1 Å². The van der Waals surface area contributed by atoms with Gasteiger partial charge in [0, 0.05) is 17.3 Å². The first-order valence-corrected chi connectivity index (χ1v) is 7.02. The van der Waals surface area contributed by atoms with Crippen molar-refractivity contribution in [3.63, 3.8) is 0 Å². The quantitative estimate of drug-likeness (QED) is 0.824. The summed E-state index contributed by atoms with van der Waals surface area (Å²) in [6.07, 6.45) is 9.71. The molecule has 3 nitrogen and oxygen atoms in total. The molecule has 1 aromatic carbocycles. The maximum atomic E-state index is 14.0. The largest absolute Gasteiger partial charge is 0.269 e. The predicted octanol–water partition coefficient (Wildman–Crippen LogP) is 4.07. The van der Waals surface area contributed by atoms with E-state index >= 15 is 0 Å². The highest BCUT2D eigenvalue weighted by Crippen LogP contribution is 2.30. The first-order chi connectivity index (χ1) is 9.78. The van der Waals surface area contributed by atoms with E-state index in [0.717, 1.165) is 18.4 Å². The maximum absolute atomic E-state index is 14.0. The minimum atomic E-state index is -0.368. The highest BCUT2D eigenvalue weighted by molar-refractivity contribution is 5.63. The van der Waals surface area contributed by atoms with Gasteiger partial charge < -0.3 is 0 Å². The molecule has 0 radical (unpaired) electrons.